The molecule has 6 nitrogen and oxygen atoms in total. The molecular weight excluding hydrogens is 292 g/mol. The summed E-state index contributed by atoms with van der Waals surface area (Å²) in [5.41, 5.74) is -1.02. The molecule has 0 bridgehead atoms. The van der Waals surface area contributed by atoms with Crippen LogP contribution in [0.3, 0.4) is 0 Å². The van der Waals surface area contributed by atoms with E-state index in [2.05, 4.69) is 9.97 Å². The molecule has 1 heterocycles. The molecule has 7 heteroatoms. The lowest BCUT2D eigenvalue weighted by Crippen LogP contribution is -2.38. The van der Waals surface area contributed by atoms with E-state index in [-0.39, 0.29) is 17.4 Å². The van der Waals surface area contributed by atoms with E-state index in [1.165, 1.54) is 24.0 Å². The van der Waals surface area contributed by atoms with Gasteiger partial charge in [0.1, 0.15) is 0 Å². The van der Waals surface area contributed by atoms with Gasteiger partial charge in [0.2, 0.25) is 0 Å². The smallest absolute Gasteiger partial charge is 0.308 e. The Bertz CT molecular complexity index is 538. The van der Waals surface area contributed by atoms with E-state index in [0.717, 1.165) is 0 Å². The first-order valence-corrected chi connectivity index (χ1v) is 8.08. The van der Waals surface area contributed by atoms with E-state index < -0.39 is 5.60 Å². The quantitative estimate of drug-likeness (QED) is 0.484. The van der Waals surface area contributed by atoms with Crippen molar-refractivity contribution in [2.75, 3.05) is 12.4 Å². The zero-order valence-electron chi connectivity index (χ0n) is 12.0. The van der Waals surface area contributed by atoms with Gasteiger partial charge in [-0.2, -0.15) is 0 Å². The minimum Gasteiger partial charge on any atom is -0.466 e. The van der Waals surface area contributed by atoms with E-state index in [4.69, 9.17) is 4.74 Å². The predicted molar refractivity (Wildman–Crippen MR) is 79.1 cm³/mol. The summed E-state index contributed by atoms with van der Waals surface area (Å²) >= 11 is 1.33. The fraction of sp³-hybridized carbons (Fsp3) is 0.643. The molecule has 1 aliphatic carbocycles. The summed E-state index contributed by atoms with van der Waals surface area (Å²) in [6.07, 6.45) is 3.83. The second-order valence-electron chi connectivity index (χ2n) is 5.28. The molecule has 2 rings (SSSR count). The van der Waals surface area contributed by atoms with Gasteiger partial charge in [-0.05, 0) is 32.6 Å². The van der Waals surface area contributed by atoms with Crippen LogP contribution in [-0.4, -0.2) is 39.0 Å². The number of aromatic amines is 1. The number of aromatic nitrogens is 2. The molecule has 0 aliphatic heterocycles. The van der Waals surface area contributed by atoms with Crippen LogP contribution < -0.4 is 5.56 Å². The van der Waals surface area contributed by atoms with Crippen molar-refractivity contribution < 1.29 is 14.6 Å². The molecule has 0 unspecified atom stereocenters. The third-order valence-corrected chi connectivity index (χ3v) is 4.82. The van der Waals surface area contributed by atoms with Crippen molar-refractivity contribution in [2.45, 2.75) is 43.4 Å². The number of esters is 1. The van der Waals surface area contributed by atoms with Gasteiger partial charge in [-0.25, -0.2) is 4.98 Å². The molecule has 0 amide bonds. The summed E-state index contributed by atoms with van der Waals surface area (Å²) in [5.74, 6) is 0.182. The highest BCUT2D eigenvalue weighted by molar-refractivity contribution is 7.99. The molecule has 0 spiro atoms. The highest BCUT2D eigenvalue weighted by Gasteiger charge is 2.36. The van der Waals surface area contributed by atoms with Crippen LogP contribution in [0, 0.1) is 5.92 Å². The molecule has 0 atom stereocenters. The Labute approximate surface area is 127 Å². The van der Waals surface area contributed by atoms with Crippen LogP contribution in [0.5, 0.6) is 0 Å². The van der Waals surface area contributed by atoms with Crippen LogP contribution >= 0.6 is 11.8 Å². The minimum absolute atomic E-state index is 0.107. The highest BCUT2D eigenvalue weighted by atomic mass is 32.2. The first-order valence-electron chi connectivity index (χ1n) is 7.09. The number of H-pyrrole nitrogens is 1. The third-order valence-electron chi connectivity index (χ3n) is 3.66. The maximum absolute atomic E-state index is 11.7. The Kier molecular flexibility index (Phi) is 5.41. The van der Waals surface area contributed by atoms with Gasteiger partial charge in [0.05, 0.1) is 18.1 Å². The Morgan fingerprint density at radius 2 is 2.29 bits per heavy atom. The van der Waals surface area contributed by atoms with Crippen LogP contribution in [0.2, 0.25) is 0 Å². The summed E-state index contributed by atoms with van der Waals surface area (Å²) in [7, 11) is 0. The molecular formula is C14H20N2O4S. The van der Waals surface area contributed by atoms with E-state index in [1.807, 2.05) is 0 Å². The van der Waals surface area contributed by atoms with Gasteiger partial charge < -0.3 is 14.8 Å². The Balaban J connectivity index is 1.85. The Morgan fingerprint density at radius 3 is 2.90 bits per heavy atom. The number of nitrogens with zero attached hydrogens (tertiary/aromatic N) is 1. The first-order chi connectivity index (χ1) is 10.0. The van der Waals surface area contributed by atoms with Crippen molar-refractivity contribution in [1.29, 1.82) is 0 Å². The molecule has 1 fully saturated rings. The standard InChI is InChI=1S/C14H20N2O4S/c1-2-20-12(18)10-3-6-14(19,7-4-10)9-21-13-15-8-5-11(17)16-13/h5,8,10,19H,2-4,6-7,9H2,1H3,(H,15,16,17). The van der Waals surface area contributed by atoms with E-state index in [1.54, 1.807) is 6.92 Å². The third kappa shape index (κ3) is 4.57. The summed E-state index contributed by atoms with van der Waals surface area (Å²) in [4.78, 5) is 29.5. The van der Waals surface area contributed by atoms with Gasteiger partial charge in [0.25, 0.3) is 5.56 Å². The molecule has 0 saturated heterocycles. The fourth-order valence-electron chi connectivity index (χ4n) is 2.42. The van der Waals surface area contributed by atoms with Crippen LogP contribution in [-0.2, 0) is 9.53 Å². The van der Waals surface area contributed by atoms with Crippen LogP contribution in [0.4, 0.5) is 0 Å². The van der Waals surface area contributed by atoms with Crippen molar-refractivity contribution in [1.82, 2.24) is 9.97 Å². The maximum Gasteiger partial charge on any atom is 0.308 e. The van der Waals surface area contributed by atoms with Crippen molar-refractivity contribution in [3.05, 3.63) is 22.6 Å². The topological polar surface area (TPSA) is 92.3 Å². The van der Waals surface area contributed by atoms with Crippen molar-refractivity contribution in [3.8, 4) is 0 Å². The Morgan fingerprint density at radius 1 is 1.57 bits per heavy atom. The Hall–Kier alpha value is -1.34. The van der Waals surface area contributed by atoms with Crippen molar-refractivity contribution in [2.24, 2.45) is 5.92 Å². The number of ether oxygens (including phenoxy) is 1. The first kappa shape index (κ1) is 16.0. The molecule has 116 valence electrons. The lowest BCUT2D eigenvalue weighted by Gasteiger charge is -2.34. The zero-order chi connectivity index (χ0) is 15.3. The molecule has 1 aliphatic rings. The van der Waals surface area contributed by atoms with Gasteiger partial charge in [0.15, 0.2) is 5.16 Å². The number of carbonyl (C=O) groups is 1. The van der Waals surface area contributed by atoms with Gasteiger partial charge in [-0.3, -0.25) is 9.59 Å². The molecule has 0 aromatic carbocycles. The number of thioether (sulfide) groups is 1. The van der Waals surface area contributed by atoms with Gasteiger partial charge in [-0.15, -0.1) is 0 Å². The predicted octanol–water partition coefficient (Wildman–Crippen LogP) is 1.35. The SMILES string of the molecule is CCOC(=O)C1CCC(O)(CSc2nccc(=O)[nH]2)CC1. The van der Waals surface area contributed by atoms with Crippen LogP contribution in [0.15, 0.2) is 22.2 Å². The summed E-state index contributed by atoms with van der Waals surface area (Å²) < 4.78 is 5.02. The number of hydrogen-bond donors (Lipinski definition) is 2. The minimum atomic E-state index is -0.817. The maximum atomic E-state index is 11.7. The van der Waals surface area contributed by atoms with Crippen molar-refractivity contribution >= 4 is 17.7 Å². The fourth-order valence-corrected chi connectivity index (χ4v) is 3.43. The van der Waals surface area contributed by atoms with E-state index >= 15 is 0 Å². The van der Waals surface area contributed by atoms with Gasteiger partial charge in [-0.1, -0.05) is 11.8 Å². The van der Waals surface area contributed by atoms with E-state index in [0.29, 0.717) is 43.2 Å². The molecule has 2 N–H and O–H groups in total. The van der Waals surface area contributed by atoms with Crippen LogP contribution in [0.25, 0.3) is 0 Å². The second kappa shape index (κ2) is 7.09. The van der Waals surface area contributed by atoms with Crippen LogP contribution in [0.1, 0.15) is 32.6 Å². The average molecular weight is 312 g/mol. The lowest BCUT2D eigenvalue weighted by atomic mass is 9.80. The summed E-state index contributed by atoms with van der Waals surface area (Å²) in [6, 6.07) is 1.35. The van der Waals surface area contributed by atoms with E-state index in [9.17, 15) is 14.7 Å². The lowest BCUT2D eigenvalue weighted by molar-refractivity contribution is -0.150. The molecule has 1 aromatic rings. The number of rotatable bonds is 5. The number of aliphatic hydroxyl groups is 1. The average Bonchev–Trinajstić information content (AvgIpc) is 2.46. The summed E-state index contributed by atoms with van der Waals surface area (Å²) in [6.45, 7) is 2.18. The van der Waals surface area contributed by atoms with Crippen molar-refractivity contribution in [3.63, 3.8) is 0 Å². The molecule has 1 saturated carbocycles. The number of nitrogens with one attached hydrogen (secondary N) is 1. The largest absolute Gasteiger partial charge is 0.466 e. The molecule has 1 aromatic heterocycles. The number of carbonyl (C=O) groups excluding carboxylic acids is 1. The van der Waals surface area contributed by atoms with Gasteiger partial charge in [0, 0.05) is 18.0 Å². The molecule has 0 radical (unpaired) electrons. The highest BCUT2D eigenvalue weighted by Crippen LogP contribution is 2.35. The summed E-state index contributed by atoms with van der Waals surface area (Å²) in [5, 5.41) is 11.0. The zero-order valence-corrected chi connectivity index (χ0v) is 12.8. The normalized spacial score (nSPS) is 25.5. The monoisotopic (exact) mass is 312 g/mol. The number of hydrogen-bond acceptors (Lipinski definition) is 6. The van der Waals surface area contributed by atoms with Gasteiger partial charge >= 0.3 is 5.97 Å². The second-order valence-corrected chi connectivity index (χ2v) is 6.24. The molecule has 21 heavy (non-hydrogen) atoms.